The maximum Gasteiger partial charge on any atom is 0.180 e. The number of nitrogens with zero attached hydrogens (tertiary/aromatic N) is 2. The summed E-state index contributed by atoms with van der Waals surface area (Å²) in [4.78, 5) is 0. The molecule has 20 heavy (non-hydrogen) atoms. The van der Waals surface area contributed by atoms with Crippen LogP contribution in [0.5, 0.6) is 5.75 Å². The summed E-state index contributed by atoms with van der Waals surface area (Å²) in [6.45, 7) is 2.49. The van der Waals surface area contributed by atoms with Crippen molar-refractivity contribution in [3.8, 4) is 5.75 Å². The molecular weight excluding hydrogens is 272 g/mol. The molecule has 0 spiro atoms. The number of benzene rings is 1. The number of hydrogen-bond donors (Lipinski definition) is 2. The zero-order valence-corrected chi connectivity index (χ0v) is 12.4. The maximum absolute atomic E-state index is 5.66. The Morgan fingerprint density at radius 2 is 2.10 bits per heavy atom. The fourth-order valence-corrected chi connectivity index (χ4v) is 1.77. The summed E-state index contributed by atoms with van der Waals surface area (Å²) < 4.78 is 7.36. The quantitative estimate of drug-likeness (QED) is 0.828. The van der Waals surface area contributed by atoms with Crippen LogP contribution < -0.4 is 15.4 Å². The van der Waals surface area contributed by atoms with Gasteiger partial charge in [0.1, 0.15) is 5.75 Å². The molecule has 0 saturated heterocycles. The molecule has 0 aliphatic carbocycles. The van der Waals surface area contributed by atoms with Gasteiger partial charge in [-0.2, -0.15) is 5.10 Å². The molecule has 2 rings (SSSR count). The SMILES string of the molecule is CCc1ccc(OCn2cc(NC(=S)NC)cn2)cc1. The zero-order valence-electron chi connectivity index (χ0n) is 11.6. The first-order chi connectivity index (χ1) is 9.71. The van der Waals surface area contributed by atoms with Gasteiger partial charge in [0.05, 0.1) is 18.1 Å². The largest absolute Gasteiger partial charge is 0.471 e. The molecule has 2 N–H and O–H groups in total. The van der Waals surface area contributed by atoms with E-state index in [0.717, 1.165) is 17.9 Å². The normalized spacial score (nSPS) is 10.1. The van der Waals surface area contributed by atoms with E-state index in [9.17, 15) is 0 Å². The lowest BCUT2D eigenvalue weighted by atomic mass is 10.2. The molecule has 5 nitrogen and oxygen atoms in total. The lowest BCUT2D eigenvalue weighted by Crippen LogP contribution is -2.23. The van der Waals surface area contributed by atoms with Gasteiger partial charge in [0.15, 0.2) is 11.8 Å². The average Bonchev–Trinajstić information content (AvgIpc) is 2.93. The number of rotatable bonds is 5. The highest BCUT2D eigenvalue weighted by Crippen LogP contribution is 2.13. The van der Waals surface area contributed by atoms with E-state index in [0.29, 0.717) is 11.8 Å². The standard InChI is InChI=1S/C14H18N4OS/c1-3-11-4-6-13(7-5-11)19-10-18-9-12(8-16-18)17-14(20)15-2/h4-9H,3,10H2,1-2H3,(H2,15,17,20). The first kappa shape index (κ1) is 14.3. The molecule has 0 fully saturated rings. The smallest absolute Gasteiger partial charge is 0.180 e. The van der Waals surface area contributed by atoms with Crippen molar-refractivity contribution >= 4 is 23.0 Å². The second kappa shape index (κ2) is 6.91. The Labute approximate surface area is 123 Å². The molecule has 0 unspecified atom stereocenters. The fraction of sp³-hybridized carbons (Fsp3) is 0.286. The lowest BCUT2D eigenvalue weighted by molar-refractivity contribution is 0.221. The van der Waals surface area contributed by atoms with E-state index in [4.69, 9.17) is 17.0 Å². The summed E-state index contributed by atoms with van der Waals surface area (Å²) in [5, 5.41) is 10.6. The molecular formula is C14H18N4OS. The van der Waals surface area contributed by atoms with Gasteiger partial charge in [-0.25, -0.2) is 4.68 Å². The van der Waals surface area contributed by atoms with E-state index in [-0.39, 0.29) is 0 Å². The highest BCUT2D eigenvalue weighted by Gasteiger charge is 2.01. The second-order valence-corrected chi connectivity index (χ2v) is 4.65. The fourth-order valence-electron chi connectivity index (χ4n) is 1.65. The third kappa shape index (κ3) is 3.96. The Kier molecular flexibility index (Phi) is 4.95. The van der Waals surface area contributed by atoms with Gasteiger partial charge in [-0.3, -0.25) is 0 Å². The molecule has 0 amide bonds. The minimum atomic E-state index is 0.361. The molecule has 1 heterocycles. The number of anilines is 1. The number of thiocarbonyl (C=S) groups is 1. The van der Waals surface area contributed by atoms with Crippen molar-refractivity contribution in [2.75, 3.05) is 12.4 Å². The van der Waals surface area contributed by atoms with E-state index >= 15 is 0 Å². The average molecular weight is 290 g/mol. The van der Waals surface area contributed by atoms with E-state index in [1.807, 2.05) is 18.3 Å². The maximum atomic E-state index is 5.66. The van der Waals surface area contributed by atoms with Gasteiger partial charge in [0, 0.05) is 7.05 Å². The summed E-state index contributed by atoms with van der Waals surface area (Å²) in [5.41, 5.74) is 2.12. The van der Waals surface area contributed by atoms with Crippen molar-refractivity contribution in [3.05, 3.63) is 42.2 Å². The van der Waals surface area contributed by atoms with Crippen molar-refractivity contribution in [2.24, 2.45) is 0 Å². The molecule has 0 bridgehead atoms. The molecule has 2 aromatic rings. The molecule has 1 aromatic carbocycles. The van der Waals surface area contributed by atoms with E-state index in [1.54, 1.807) is 17.9 Å². The van der Waals surface area contributed by atoms with Crippen LogP contribution >= 0.6 is 12.2 Å². The van der Waals surface area contributed by atoms with Crippen LogP contribution in [0.2, 0.25) is 0 Å². The van der Waals surface area contributed by atoms with Crippen molar-refractivity contribution in [2.45, 2.75) is 20.1 Å². The molecule has 0 aliphatic rings. The minimum absolute atomic E-state index is 0.361. The summed E-state index contributed by atoms with van der Waals surface area (Å²) in [5.74, 6) is 0.831. The first-order valence-corrected chi connectivity index (χ1v) is 6.85. The van der Waals surface area contributed by atoms with Crippen LogP contribution in [0.3, 0.4) is 0 Å². The number of aryl methyl sites for hydroxylation is 1. The predicted molar refractivity (Wildman–Crippen MR) is 84.0 cm³/mol. The van der Waals surface area contributed by atoms with Gasteiger partial charge in [0.2, 0.25) is 0 Å². The Balaban J connectivity index is 1.88. The number of ether oxygens (including phenoxy) is 1. The topological polar surface area (TPSA) is 51.1 Å². The molecule has 6 heteroatoms. The molecule has 0 aliphatic heterocycles. The molecule has 0 atom stereocenters. The van der Waals surface area contributed by atoms with Gasteiger partial charge in [-0.15, -0.1) is 0 Å². The van der Waals surface area contributed by atoms with Gasteiger partial charge >= 0.3 is 0 Å². The van der Waals surface area contributed by atoms with Crippen LogP contribution in [0.25, 0.3) is 0 Å². The molecule has 106 valence electrons. The van der Waals surface area contributed by atoms with Gasteiger partial charge in [0.25, 0.3) is 0 Å². The Morgan fingerprint density at radius 1 is 1.35 bits per heavy atom. The van der Waals surface area contributed by atoms with Crippen molar-refractivity contribution in [3.63, 3.8) is 0 Å². The minimum Gasteiger partial charge on any atom is -0.471 e. The molecule has 0 saturated carbocycles. The van der Waals surface area contributed by atoms with E-state index < -0.39 is 0 Å². The van der Waals surface area contributed by atoms with E-state index in [1.165, 1.54) is 5.56 Å². The Bertz CT molecular complexity index is 565. The van der Waals surface area contributed by atoms with Crippen LogP contribution in [0, 0.1) is 0 Å². The highest BCUT2D eigenvalue weighted by atomic mass is 32.1. The lowest BCUT2D eigenvalue weighted by Gasteiger charge is -2.07. The summed E-state index contributed by atoms with van der Waals surface area (Å²) in [6, 6.07) is 8.07. The van der Waals surface area contributed by atoms with Gasteiger partial charge in [-0.05, 0) is 36.3 Å². The van der Waals surface area contributed by atoms with Crippen molar-refractivity contribution in [1.29, 1.82) is 0 Å². The third-order valence-electron chi connectivity index (χ3n) is 2.81. The molecule has 0 radical (unpaired) electrons. The number of nitrogens with one attached hydrogen (secondary N) is 2. The Hall–Kier alpha value is -2.08. The summed E-state index contributed by atoms with van der Waals surface area (Å²) in [7, 11) is 1.77. The van der Waals surface area contributed by atoms with Crippen molar-refractivity contribution < 1.29 is 4.74 Å². The summed E-state index contributed by atoms with van der Waals surface area (Å²) >= 11 is 5.02. The van der Waals surface area contributed by atoms with Crippen molar-refractivity contribution in [1.82, 2.24) is 15.1 Å². The zero-order chi connectivity index (χ0) is 14.4. The third-order valence-corrected chi connectivity index (χ3v) is 3.12. The van der Waals surface area contributed by atoms with Gasteiger partial charge in [-0.1, -0.05) is 19.1 Å². The van der Waals surface area contributed by atoms with Crippen LogP contribution in [-0.2, 0) is 13.2 Å². The monoisotopic (exact) mass is 290 g/mol. The summed E-state index contributed by atoms with van der Waals surface area (Å²) in [6.07, 6.45) is 4.57. The predicted octanol–water partition coefficient (Wildman–Crippen LogP) is 2.40. The van der Waals surface area contributed by atoms with Gasteiger partial charge < -0.3 is 15.4 Å². The Morgan fingerprint density at radius 3 is 2.75 bits per heavy atom. The van der Waals surface area contributed by atoms with Crippen LogP contribution in [0.4, 0.5) is 5.69 Å². The van der Waals surface area contributed by atoms with Crippen LogP contribution in [-0.4, -0.2) is 21.9 Å². The highest BCUT2D eigenvalue weighted by molar-refractivity contribution is 7.80. The first-order valence-electron chi connectivity index (χ1n) is 6.44. The number of aromatic nitrogens is 2. The van der Waals surface area contributed by atoms with Crippen LogP contribution in [0.15, 0.2) is 36.7 Å². The number of hydrogen-bond acceptors (Lipinski definition) is 3. The van der Waals surface area contributed by atoms with Crippen LogP contribution in [0.1, 0.15) is 12.5 Å². The molecule has 1 aromatic heterocycles. The van der Waals surface area contributed by atoms with E-state index in [2.05, 4.69) is 34.8 Å². The second-order valence-electron chi connectivity index (χ2n) is 4.24.